The van der Waals surface area contributed by atoms with Gasteiger partial charge in [-0.2, -0.15) is 0 Å². The van der Waals surface area contributed by atoms with E-state index in [-0.39, 0.29) is 11.1 Å². The molecule has 0 aliphatic rings. The summed E-state index contributed by atoms with van der Waals surface area (Å²) in [6, 6.07) is 13.7. The SMILES string of the molecule is CCCCCCCCC(O[Si](C)(C)C(C)(C)C)c1ccc2ccc(CBr)cc2c1. The van der Waals surface area contributed by atoms with Crippen LogP contribution in [0.5, 0.6) is 0 Å². The molecule has 0 radical (unpaired) electrons. The molecule has 0 aliphatic carbocycles. The van der Waals surface area contributed by atoms with Crippen LogP contribution in [0, 0.1) is 0 Å². The van der Waals surface area contributed by atoms with Crippen molar-refractivity contribution in [3.8, 4) is 0 Å². The molecule has 0 aromatic heterocycles. The van der Waals surface area contributed by atoms with Crippen molar-refractivity contribution in [1.82, 2.24) is 0 Å². The van der Waals surface area contributed by atoms with Gasteiger partial charge in [-0.1, -0.05) is 112 Å². The first-order chi connectivity index (χ1) is 13.7. The highest BCUT2D eigenvalue weighted by Crippen LogP contribution is 2.41. The highest BCUT2D eigenvalue weighted by molar-refractivity contribution is 9.08. The van der Waals surface area contributed by atoms with Crippen LogP contribution in [0.1, 0.15) is 89.9 Å². The fourth-order valence-electron chi connectivity index (χ4n) is 3.53. The minimum Gasteiger partial charge on any atom is -0.410 e. The van der Waals surface area contributed by atoms with E-state index >= 15 is 0 Å². The highest BCUT2D eigenvalue weighted by Gasteiger charge is 2.39. The number of fused-ring (bicyclic) bond motifs is 1. The van der Waals surface area contributed by atoms with E-state index < -0.39 is 8.32 Å². The summed E-state index contributed by atoms with van der Waals surface area (Å²) in [5.41, 5.74) is 2.68. The van der Waals surface area contributed by atoms with Crippen LogP contribution in [0.4, 0.5) is 0 Å². The Morgan fingerprint density at radius 1 is 0.897 bits per heavy atom. The van der Waals surface area contributed by atoms with Gasteiger partial charge in [0.2, 0.25) is 0 Å². The van der Waals surface area contributed by atoms with E-state index in [1.54, 1.807) is 0 Å². The summed E-state index contributed by atoms with van der Waals surface area (Å²) in [5.74, 6) is 0. The van der Waals surface area contributed by atoms with Gasteiger partial charge in [-0.3, -0.25) is 0 Å². The lowest BCUT2D eigenvalue weighted by atomic mass is 9.98. The van der Waals surface area contributed by atoms with E-state index in [0.717, 1.165) is 11.8 Å². The standard InChI is InChI=1S/C26H41BrOSi/c1-7-8-9-10-11-12-13-25(28-29(5,6)26(2,3)4)23-17-16-22-15-14-21(20-27)18-24(22)19-23/h14-19,25H,7-13,20H2,1-6H3. The third kappa shape index (κ3) is 7.22. The quantitative estimate of drug-likeness (QED) is 0.178. The normalized spacial score (nSPS) is 13.8. The molecule has 0 aliphatic heterocycles. The predicted octanol–water partition coefficient (Wildman–Crippen LogP) is 9.55. The van der Waals surface area contributed by atoms with Gasteiger partial charge in [0.05, 0.1) is 6.10 Å². The largest absolute Gasteiger partial charge is 0.410 e. The lowest BCUT2D eigenvalue weighted by Crippen LogP contribution is -2.41. The van der Waals surface area contributed by atoms with Crippen molar-refractivity contribution in [3.05, 3.63) is 47.5 Å². The Kier molecular flexibility index (Phi) is 9.43. The molecule has 0 heterocycles. The Morgan fingerprint density at radius 2 is 1.55 bits per heavy atom. The first kappa shape index (κ1) is 24.6. The van der Waals surface area contributed by atoms with Gasteiger partial charge in [-0.05, 0) is 52.5 Å². The number of rotatable bonds is 11. The zero-order valence-corrected chi connectivity index (χ0v) is 22.1. The van der Waals surface area contributed by atoms with E-state index in [1.807, 2.05) is 0 Å². The lowest BCUT2D eigenvalue weighted by molar-refractivity contribution is 0.169. The fraction of sp³-hybridized carbons (Fsp3) is 0.615. The zero-order valence-electron chi connectivity index (χ0n) is 19.5. The Labute approximate surface area is 188 Å². The molecule has 1 atom stereocenters. The molecule has 2 aromatic rings. The summed E-state index contributed by atoms with van der Waals surface area (Å²) in [6.45, 7) is 14.1. The first-order valence-electron chi connectivity index (χ1n) is 11.4. The maximum absolute atomic E-state index is 6.95. The Hall–Kier alpha value is -0.643. The Bertz CT molecular complexity index is 763. The summed E-state index contributed by atoms with van der Waals surface area (Å²) >= 11 is 3.59. The predicted molar refractivity (Wildman–Crippen MR) is 136 cm³/mol. The lowest BCUT2D eigenvalue weighted by Gasteiger charge is -2.39. The van der Waals surface area contributed by atoms with Gasteiger partial charge >= 0.3 is 0 Å². The average molecular weight is 478 g/mol. The first-order valence-corrected chi connectivity index (χ1v) is 15.5. The maximum Gasteiger partial charge on any atom is 0.192 e. The number of unbranched alkanes of at least 4 members (excludes halogenated alkanes) is 5. The van der Waals surface area contributed by atoms with E-state index in [9.17, 15) is 0 Å². The number of halogens is 1. The van der Waals surface area contributed by atoms with E-state index in [0.29, 0.717) is 0 Å². The number of hydrogen-bond donors (Lipinski definition) is 0. The molecule has 0 bridgehead atoms. The van der Waals surface area contributed by atoms with Gasteiger partial charge < -0.3 is 4.43 Å². The molecule has 0 fully saturated rings. The molecule has 3 heteroatoms. The van der Waals surface area contributed by atoms with E-state index in [2.05, 4.69) is 93.1 Å². The minimum absolute atomic E-state index is 0.207. The number of hydrogen-bond acceptors (Lipinski definition) is 1. The smallest absolute Gasteiger partial charge is 0.192 e. The molecule has 0 N–H and O–H groups in total. The van der Waals surface area contributed by atoms with Crippen LogP contribution < -0.4 is 0 Å². The van der Waals surface area contributed by atoms with Crippen molar-refractivity contribution in [1.29, 1.82) is 0 Å². The molecular formula is C26H41BrOSi. The van der Waals surface area contributed by atoms with Crippen molar-refractivity contribution in [2.75, 3.05) is 0 Å². The third-order valence-electron chi connectivity index (χ3n) is 6.52. The summed E-state index contributed by atoms with van der Waals surface area (Å²) in [7, 11) is -1.82. The zero-order chi connectivity index (χ0) is 21.5. The van der Waals surface area contributed by atoms with Crippen LogP contribution in [0.3, 0.4) is 0 Å². The molecule has 0 amide bonds. The molecule has 1 nitrogen and oxygen atoms in total. The van der Waals surface area contributed by atoms with Crippen molar-refractivity contribution >= 4 is 35.0 Å². The van der Waals surface area contributed by atoms with Gasteiger partial charge in [-0.15, -0.1) is 0 Å². The molecule has 2 aromatic carbocycles. The monoisotopic (exact) mass is 476 g/mol. The average Bonchev–Trinajstić information content (AvgIpc) is 2.67. The summed E-state index contributed by atoms with van der Waals surface area (Å²) < 4.78 is 6.95. The van der Waals surface area contributed by atoms with Crippen molar-refractivity contribution in [2.45, 2.75) is 102 Å². The maximum atomic E-state index is 6.95. The minimum atomic E-state index is -1.82. The molecular weight excluding hydrogens is 436 g/mol. The van der Waals surface area contributed by atoms with Crippen LogP contribution >= 0.6 is 15.9 Å². The van der Waals surface area contributed by atoms with E-state index in [1.165, 1.54) is 60.4 Å². The third-order valence-corrected chi connectivity index (χ3v) is 11.7. The Morgan fingerprint density at radius 3 is 2.21 bits per heavy atom. The van der Waals surface area contributed by atoms with Crippen LogP contribution in [0.25, 0.3) is 10.8 Å². The van der Waals surface area contributed by atoms with Gasteiger partial charge in [-0.25, -0.2) is 0 Å². The topological polar surface area (TPSA) is 9.23 Å². The molecule has 0 spiro atoms. The van der Waals surface area contributed by atoms with Gasteiger partial charge in [0.15, 0.2) is 8.32 Å². The van der Waals surface area contributed by atoms with Crippen molar-refractivity contribution in [3.63, 3.8) is 0 Å². The number of benzene rings is 2. The highest BCUT2D eigenvalue weighted by atomic mass is 79.9. The van der Waals surface area contributed by atoms with Crippen LogP contribution in [0.15, 0.2) is 36.4 Å². The summed E-state index contributed by atoms with van der Waals surface area (Å²) in [6.07, 6.45) is 9.31. The summed E-state index contributed by atoms with van der Waals surface area (Å²) in [4.78, 5) is 0. The molecule has 162 valence electrons. The van der Waals surface area contributed by atoms with Gasteiger partial charge in [0.25, 0.3) is 0 Å². The van der Waals surface area contributed by atoms with Crippen LogP contribution in [-0.4, -0.2) is 8.32 Å². The van der Waals surface area contributed by atoms with Crippen molar-refractivity contribution < 1.29 is 4.43 Å². The van der Waals surface area contributed by atoms with Gasteiger partial charge in [0, 0.05) is 5.33 Å². The van der Waals surface area contributed by atoms with Crippen molar-refractivity contribution in [2.24, 2.45) is 0 Å². The second-order valence-electron chi connectivity index (χ2n) is 10.00. The summed E-state index contributed by atoms with van der Waals surface area (Å²) in [5, 5.41) is 3.76. The molecule has 1 unspecified atom stereocenters. The molecule has 29 heavy (non-hydrogen) atoms. The van der Waals surface area contributed by atoms with Crippen LogP contribution in [-0.2, 0) is 9.76 Å². The van der Waals surface area contributed by atoms with Gasteiger partial charge in [0.1, 0.15) is 0 Å². The fourth-order valence-corrected chi connectivity index (χ4v) is 5.20. The van der Waals surface area contributed by atoms with E-state index in [4.69, 9.17) is 4.43 Å². The van der Waals surface area contributed by atoms with Crippen LogP contribution in [0.2, 0.25) is 18.1 Å². The Balaban J connectivity index is 2.22. The molecule has 0 saturated carbocycles. The molecule has 2 rings (SSSR count). The molecule has 0 saturated heterocycles. The second-order valence-corrected chi connectivity index (χ2v) is 15.3. The second kappa shape index (κ2) is 11.1. The number of alkyl halides is 1.